The Balaban J connectivity index is 2.14. The van der Waals surface area contributed by atoms with Gasteiger partial charge in [-0.1, -0.05) is 12.1 Å². The topological polar surface area (TPSA) is 17.1 Å². The van der Waals surface area contributed by atoms with E-state index >= 15 is 0 Å². The van der Waals surface area contributed by atoms with E-state index in [1.165, 1.54) is 14.0 Å². The van der Waals surface area contributed by atoms with Gasteiger partial charge in [-0.25, -0.2) is 0 Å². The number of carbonyl (C=O) groups excluding carboxylic acids is 1. The molecule has 0 radical (unpaired) electrons. The predicted octanol–water partition coefficient (Wildman–Crippen LogP) is 4.39. The molecule has 0 saturated carbocycles. The standard InChI is InChI=1S/C14H13IOS/c1-9-7-14(17-10(9)2)13(16)8-11-3-5-12(15)6-4-11/h3-7H,8H2,1-2H3. The molecule has 0 aliphatic rings. The van der Waals surface area contributed by atoms with Gasteiger partial charge < -0.3 is 0 Å². The molecule has 0 aliphatic heterocycles. The first kappa shape index (κ1) is 12.8. The van der Waals surface area contributed by atoms with Crippen molar-refractivity contribution in [1.82, 2.24) is 0 Å². The van der Waals surface area contributed by atoms with Gasteiger partial charge in [0.05, 0.1) is 4.88 Å². The van der Waals surface area contributed by atoms with E-state index in [2.05, 4.69) is 29.5 Å². The van der Waals surface area contributed by atoms with Crippen LogP contribution >= 0.6 is 33.9 Å². The SMILES string of the molecule is Cc1cc(C(=O)Cc2ccc(I)cc2)sc1C. The molecule has 0 aliphatic carbocycles. The number of aryl methyl sites for hydroxylation is 2. The number of benzene rings is 1. The quantitative estimate of drug-likeness (QED) is 0.589. The molecule has 0 unspecified atom stereocenters. The van der Waals surface area contributed by atoms with Crippen molar-refractivity contribution in [3.63, 3.8) is 0 Å². The Bertz CT molecular complexity index is 520. The number of rotatable bonds is 3. The van der Waals surface area contributed by atoms with E-state index in [-0.39, 0.29) is 5.78 Å². The van der Waals surface area contributed by atoms with E-state index in [0.29, 0.717) is 6.42 Å². The number of ketones is 1. The van der Waals surface area contributed by atoms with Crippen molar-refractivity contribution in [3.05, 3.63) is 54.8 Å². The number of carbonyl (C=O) groups is 1. The lowest BCUT2D eigenvalue weighted by Gasteiger charge is -1.99. The van der Waals surface area contributed by atoms with Crippen molar-refractivity contribution in [1.29, 1.82) is 0 Å². The van der Waals surface area contributed by atoms with Crippen molar-refractivity contribution in [2.75, 3.05) is 0 Å². The van der Waals surface area contributed by atoms with Gasteiger partial charge in [0.25, 0.3) is 0 Å². The van der Waals surface area contributed by atoms with E-state index in [9.17, 15) is 4.79 Å². The van der Waals surface area contributed by atoms with Gasteiger partial charge in [0.15, 0.2) is 5.78 Å². The Hall–Kier alpha value is -0.680. The minimum atomic E-state index is 0.215. The number of halogens is 1. The maximum Gasteiger partial charge on any atom is 0.177 e. The molecule has 1 aromatic carbocycles. The maximum absolute atomic E-state index is 12.1. The number of Topliss-reactive ketones (excluding diaryl/α,β-unsaturated/α-hetero) is 1. The molecule has 0 bridgehead atoms. The fourth-order valence-corrected chi connectivity index (χ4v) is 2.92. The van der Waals surface area contributed by atoms with E-state index < -0.39 is 0 Å². The summed E-state index contributed by atoms with van der Waals surface area (Å²) in [7, 11) is 0. The highest BCUT2D eigenvalue weighted by molar-refractivity contribution is 14.1. The monoisotopic (exact) mass is 356 g/mol. The zero-order valence-electron chi connectivity index (χ0n) is 9.79. The smallest absolute Gasteiger partial charge is 0.177 e. The minimum absolute atomic E-state index is 0.215. The summed E-state index contributed by atoms with van der Waals surface area (Å²) >= 11 is 3.86. The van der Waals surface area contributed by atoms with Crippen LogP contribution < -0.4 is 0 Å². The molecule has 88 valence electrons. The number of hydrogen-bond acceptors (Lipinski definition) is 2. The van der Waals surface area contributed by atoms with E-state index in [1.54, 1.807) is 11.3 Å². The summed E-state index contributed by atoms with van der Waals surface area (Å²) in [5, 5.41) is 0. The number of thiophene rings is 1. The first-order chi connectivity index (χ1) is 8.06. The average Bonchev–Trinajstić information content (AvgIpc) is 2.63. The second-order valence-electron chi connectivity index (χ2n) is 4.08. The van der Waals surface area contributed by atoms with Gasteiger partial charge in [-0.2, -0.15) is 0 Å². The summed E-state index contributed by atoms with van der Waals surface area (Å²) in [6.45, 7) is 4.11. The Labute approximate surface area is 119 Å². The summed E-state index contributed by atoms with van der Waals surface area (Å²) in [4.78, 5) is 14.2. The van der Waals surface area contributed by atoms with Crippen LogP contribution in [0.3, 0.4) is 0 Å². The summed E-state index contributed by atoms with van der Waals surface area (Å²) in [5.74, 6) is 0.215. The lowest BCUT2D eigenvalue weighted by atomic mass is 10.1. The second-order valence-corrected chi connectivity index (χ2v) is 6.58. The first-order valence-electron chi connectivity index (χ1n) is 5.41. The first-order valence-corrected chi connectivity index (χ1v) is 7.30. The summed E-state index contributed by atoms with van der Waals surface area (Å²) in [6.07, 6.45) is 0.496. The summed E-state index contributed by atoms with van der Waals surface area (Å²) in [5.41, 5.74) is 2.29. The molecule has 0 N–H and O–H groups in total. The molecule has 2 rings (SSSR count). The van der Waals surface area contributed by atoms with Crippen LogP contribution in [0.2, 0.25) is 0 Å². The van der Waals surface area contributed by atoms with Gasteiger partial charge in [0.1, 0.15) is 0 Å². The van der Waals surface area contributed by atoms with Gasteiger partial charge in [-0.15, -0.1) is 11.3 Å². The van der Waals surface area contributed by atoms with Crippen LogP contribution in [-0.2, 0) is 6.42 Å². The highest BCUT2D eigenvalue weighted by Gasteiger charge is 2.11. The fourth-order valence-electron chi connectivity index (χ4n) is 1.59. The summed E-state index contributed by atoms with van der Waals surface area (Å²) < 4.78 is 1.20. The van der Waals surface area contributed by atoms with Gasteiger partial charge in [0.2, 0.25) is 0 Å². The van der Waals surface area contributed by atoms with Crippen molar-refractivity contribution >= 4 is 39.7 Å². The highest BCUT2D eigenvalue weighted by Crippen LogP contribution is 2.22. The molecule has 0 saturated heterocycles. The third-order valence-corrected chi connectivity index (χ3v) is 4.63. The molecule has 17 heavy (non-hydrogen) atoms. The molecule has 0 spiro atoms. The van der Waals surface area contributed by atoms with Crippen LogP contribution in [0.25, 0.3) is 0 Å². The maximum atomic E-state index is 12.1. The molecule has 3 heteroatoms. The molecular formula is C14H13IOS. The lowest BCUT2D eigenvalue weighted by Crippen LogP contribution is -2.00. The lowest BCUT2D eigenvalue weighted by molar-refractivity contribution is 0.0997. The molecule has 0 amide bonds. The Kier molecular flexibility index (Phi) is 3.99. The third kappa shape index (κ3) is 3.16. The van der Waals surface area contributed by atoms with Gasteiger partial charge >= 0.3 is 0 Å². The zero-order valence-corrected chi connectivity index (χ0v) is 12.8. The van der Waals surface area contributed by atoms with E-state index in [4.69, 9.17) is 0 Å². The van der Waals surface area contributed by atoms with Crippen molar-refractivity contribution in [3.8, 4) is 0 Å². The van der Waals surface area contributed by atoms with Gasteiger partial charge in [-0.3, -0.25) is 4.79 Å². The van der Waals surface area contributed by atoms with Crippen molar-refractivity contribution < 1.29 is 4.79 Å². The third-order valence-electron chi connectivity index (χ3n) is 2.72. The molecule has 2 aromatic rings. The van der Waals surface area contributed by atoms with Crippen LogP contribution in [0.4, 0.5) is 0 Å². The van der Waals surface area contributed by atoms with Crippen LogP contribution in [0.15, 0.2) is 30.3 Å². The second kappa shape index (κ2) is 5.31. The van der Waals surface area contributed by atoms with Gasteiger partial charge in [0, 0.05) is 14.9 Å². The van der Waals surface area contributed by atoms with E-state index in [1.807, 2.05) is 37.3 Å². The molecule has 1 aromatic heterocycles. The van der Waals surface area contributed by atoms with Gasteiger partial charge in [-0.05, 0) is 65.8 Å². The largest absolute Gasteiger partial charge is 0.293 e. The highest BCUT2D eigenvalue weighted by atomic mass is 127. The van der Waals surface area contributed by atoms with Crippen molar-refractivity contribution in [2.45, 2.75) is 20.3 Å². The molecule has 0 fully saturated rings. The summed E-state index contributed by atoms with van der Waals surface area (Å²) in [6, 6.07) is 10.1. The molecule has 1 nitrogen and oxygen atoms in total. The molecule has 1 heterocycles. The van der Waals surface area contributed by atoms with Crippen LogP contribution in [0.1, 0.15) is 25.7 Å². The Morgan fingerprint density at radius 1 is 1.24 bits per heavy atom. The zero-order chi connectivity index (χ0) is 12.4. The minimum Gasteiger partial charge on any atom is -0.293 e. The Morgan fingerprint density at radius 3 is 2.41 bits per heavy atom. The van der Waals surface area contributed by atoms with Crippen LogP contribution in [0.5, 0.6) is 0 Å². The van der Waals surface area contributed by atoms with Crippen molar-refractivity contribution in [2.24, 2.45) is 0 Å². The Morgan fingerprint density at radius 2 is 1.88 bits per heavy atom. The normalized spacial score (nSPS) is 10.5. The fraction of sp³-hybridized carbons (Fsp3) is 0.214. The van der Waals surface area contributed by atoms with E-state index in [0.717, 1.165) is 10.4 Å². The molecular weight excluding hydrogens is 343 g/mol. The predicted molar refractivity (Wildman–Crippen MR) is 81.0 cm³/mol. The number of hydrogen-bond donors (Lipinski definition) is 0. The van der Waals surface area contributed by atoms with Crippen LogP contribution in [-0.4, -0.2) is 5.78 Å². The molecule has 0 atom stereocenters. The average molecular weight is 356 g/mol. The van der Waals surface area contributed by atoms with Crippen LogP contribution in [0, 0.1) is 17.4 Å².